The SMILES string of the molecule is CCCOc1ccc(/C=N\Nc2nc(-c3ccccc3)c(C)s2)cc1. The molecule has 0 spiro atoms. The van der Waals surface area contributed by atoms with Crippen LogP contribution in [0.1, 0.15) is 23.8 Å². The number of hydrogen-bond donors (Lipinski definition) is 1. The number of aryl methyl sites for hydroxylation is 1. The van der Waals surface area contributed by atoms with Gasteiger partial charge < -0.3 is 4.74 Å². The van der Waals surface area contributed by atoms with Crippen LogP contribution in [0.5, 0.6) is 5.75 Å². The molecule has 0 radical (unpaired) electrons. The highest BCUT2D eigenvalue weighted by Gasteiger charge is 2.08. The van der Waals surface area contributed by atoms with E-state index in [0.717, 1.165) is 40.7 Å². The van der Waals surface area contributed by atoms with Crippen molar-refractivity contribution in [1.82, 2.24) is 4.98 Å². The van der Waals surface area contributed by atoms with Gasteiger partial charge in [-0.05, 0) is 43.2 Å². The van der Waals surface area contributed by atoms with Crippen molar-refractivity contribution >= 4 is 22.7 Å². The van der Waals surface area contributed by atoms with Crippen LogP contribution in [0.3, 0.4) is 0 Å². The molecule has 3 aromatic rings. The Kier molecular flexibility index (Phi) is 5.80. The van der Waals surface area contributed by atoms with E-state index in [4.69, 9.17) is 4.74 Å². The van der Waals surface area contributed by atoms with Gasteiger partial charge in [0.1, 0.15) is 5.75 Å². The normalized spacial score (nSPS) is 11.0. The number of nitrogens with zero attached hydrogens (tertiary/aromatic N) is 2. The number of hydrazone groups is 1. The summed E-state index contributed by atoms with van der Waals surface area (Å²) in [6.45, 7) is 4.91. The number of anilines is 1. The molecule has 2 aromatic carbocycles. The van der Waals surface area contributed by atoms with Crippen molar-refractivity contribution in [2.45, 2.75) is 20.3 Å². The minimum absolute atomic E-state index is 0.738. The van der Waals surface area contributed by atoms with Crippen LogP contribution in [0.2, 0.25) is 0 Å². The minimum atomic E-state index is 0.738. The van der Waals surface area contributed by atoms with E-state index in [1.165, 1.54) is 4.88 Å². The second-order valence-corrected chi connectivity index (χ2v) is 6.78. The molecule has 1 heterocycles. The standard InChI is InChI=1S/C20H21N3OS/c1-3-13-24-18-11-9-16(10-12-18)14-21-23-20-22-19(15(2)25-20)17-7-5-4-6-8-17/h4-12,14H,3,13H2,1-2H3,(H,22,23)/b21-14-. The van der Waals surface area contributed by atoms with Crippen molar-refractivity contribution in [3.8, 4) is 17.0 Å². The van der Waals surface area contributed by atoms with E-state index in [9.17, 15) is 0 Å². The predicted octanol–water partition coefficient (Wildman–Crippen LogP) is 5.35. The van der Waals surface area contributed by atoms with Gasteiger partial charge in [-0.3, -0.25) is 5.43 Å². The Labute approximate surface area is 152 Å². The molecule has 1 N–H and O–H groups in total. The molecule has 0 atom stereocenters. The van der Waals surface area contributed by atoms with Crippen molar-refractivity contribution in [3.05, 3.63) is 65.0 Å². The highest BCUT2D eigenvalue weighted by molar-refractivity contribution is 7.15. The Hall–Kier alpha value is -2.66. The van der Waals surface area contributed by atoms with Gasteiger partial charge in [0, 0.05) is 10.4 Å². The van der Waals surface area contributed by atoms with Crippen molar-refractivity contribution in [2.75, 3.05) is 12.0 Å². The summed E-state index contributed by atoms with van der Waals surface area (Å²) >= 11 is 1.60. The van der Waals surface area contributed by atoms with Gasteiger partial charge in [0.15, 0.2) is 0 Å². The summed E-state index contributed by atoms with van der Waals surface area (Å²) in [4.78, 5) is 5.80. The third-order valence-corrected chi connectivity index (χ3v) is 4.45. The molecule has 1 aromatic heterocycles. The first-order valence-corrected chi connectivity index (χ1v) is 9.12. The number of ether oxygens (including phenoxy) is 1. The first-order valence-electron chi connectivity index (χ1n) is 8.31. The molecule has 0 aliphatic heterocycles. The van der Waals surface area contributed by atoms with Gasteiger partial charge in [0.2, 0.25) is 5.13 Å². The Morgan fingerprint density at radius 1 is 1.12 bits per heavy atom. The number of nitrogens with one attached hydrogen (secondary N) is 1. The van der Waals surface area contributed by atoms with Crippen LogP contribution >= 0.6 is 11.3 Å². The summed E-state index contributed by atoms with van der Waals surface area (Å²) in [7, 11) is 0. The lowest BCUT2D eigenvalue weighted by molar-refractivity contribution is 0.317. The molecule has 0 unspecified atom stereocenters. The molecule has 0 saturated heterocycles. The third kappa shape index (κ3) is 4.67. The van der Waals surface area contributed by atoms with E-state index in [1.807, 2.05) is 42.5 Å². The highest BCUT2D eigenvalue weighted by Crippen LogP contribution is 2.30. The molecule has 0 saturated carbocycles. The summed E-state index contributed by atoms with van der Waals surface area (Å²) < 4.78 is 5.57. The second-order valence-electron chi connectivity index (χ2n) is 5.58. The van der Waals surface area contributed by atoms with Crippen molar-refractivity contribution < 1.29 is 4.74 Å². The van der Waals surface area contributed by atoms with E-state index in [0.29, 0.717) is 0 Å². The fourth-order valence-electron chi connectivity index (χ4n) is 2.34. The minimum Gasteiger partial charge on any atom is -0.494 e. The third-order valence-electron chi connectivity index (χ3n) is 3.57. The molecule has 5 heteroatoms. The summed E-state index contributed by atoms with van der Waals surface area (Å²) in [6, 6.07) is 18.1. The first-order chi connectivity index (χ1) is 12.3. The number of aromatic nitrogens is 1. The molecule has 0 aliphatic carbocycles. The predicted molar refractivity (Wildman–Crippen MR) is 106 cm³/mol. The molecule has 0 amide bonds. The van der Waals surface area contributed by atoms with Gasteiger partial charge >= 0.3 is 0 Å². The number of thiazole rings is 1. The van der Waals surface area contributed by atoms with Crippen LogP contribution in [-0.4, -0.2) is 17.8 Å². The average Bonchev–Trinajstić information content (AvgIpc) is 3.02. The smallest absolute Gasteiger partial charge is 0.204 e. The number of hydrogen-bond acceptors (Lipinski definition) is 5. The zero-order chi connectivity index (χ0) is 17.5. The van der Waals surface area contributed by atoms with E-state index in [2.05, 4.69) is 41.5 Å². The molecule has 0 fully saturated rings. The largest absolute Gasteiger partial charge is 0.494 e. The van der Waals surface area contributed by atoms with Crippen molar-refractivity contribution in [2.24, 2.45) is 5.10 Å². The quantitative estimate of drug-likeness (QED) is 0.461. The molecular formula is C20H21N3OS. The van der Waals surface area contributed by atoms with E-state index < -0.39 is 0 Å². The maximum atomic E-state index is 5.57. The van der Waals surface area contributed by atoms with Crippen LogP contribution in [0, 0.1) is 6.92 Å². The van der Waals surface area contributed by atoms with Crippen LogP contribution < -0.4 is 10.2 Å². The second kappa shape index (κ2) is 8.44. The van der Waals surface area contributed by atoms with Crippen molar-refractivity contribution in [1.29, 1.82) is 0 Å². The zero-order valence-corrected chi connectivity index (χ0v) is 15.2. The molecule has 3 rings (SSSR count). The molecule has 0 aliphatic rings. The summed E-state index contributed by atoms with van der Waals surface area (Å²) in [6.07, 6.45) is 2.79. The summed E-state index contributed by atoms with van der Waals surface area (Å²) in [5.41, 5.74) is 6.15. The highest BCUT2D eigenvalue weighted by atomic mass is 32.1. The Balaban J connectivity index is 1.63. The van der Waals surface area contributed by atoms with Gasteiger partial charge in [0.25, 0.3) is 0 Å². The van der Waals surface area contributed by atoms with E-state index >= 15 is 0 Å². The van der Waals surface area contributed by atoms with Crippen LogP contribution in [0.4, 0.5) is 5.13 Å². The molecule has 128 valence electrons. The lowest BCUT2D eigenvalue weighted by atomic mass is 10.1. The Morgan fingerprint density at radius 2 is 1.88 bits per heavy atom. The maximum Gasteiger partial charge on any atom is 0.204 e. The molecule has 4 nitrogen and oxygen atoms in total. The summed E-state index contributed by atoms with van der Waals surface area (Å²) in [5, 5.41) is 5.07. The topological polar surface area (TPSA) is 46.5 Å². The fourth-order valence-corrected chi connectivity index (χ4v) is 3.13. The molecule has 0 bridgehead atoms. The van der Waals surface area contributed by atoms with Gasteiger partial charge in [-0.15, -0.1) is 11.3 Å². The maximum absolute atomic E-state index is 5.57. The summed E-state index contributed by atoms with van der Waals surface area (Å²) in [5.74, 6) is 0.884. The van der Waals surface area contributed by atoms with Crippen LogP contribution in [-0.2, 0) is 0 Å². The van der Waals surface area contributed by atoms with Crippen molar-refractivity contribution in [3.63, 3.8) is 0 Å². The van der Waals surface area contributed by atoms with E-state index in [-0.39, 0.29) is 0 Å². The van der Waals surface area contributed by atoms with Gasteiger partial charge in [-0.1, -0.05) is 37.3 Å². The van der Waals surface area contributed by atoms with Gasteiger partial charge in [-0.25, -0.2) is 4.98 Å². The zero-order valence-electron chi connectivity index (χ0n) is 14.4. The number of benzene rings is 2. The lowest BCUT2D eigenvalue weighted by Gasteiger charge is -2.03. The van der Waals surface area contributed by atoms with Crippen LogP contribution in [0.15, 0.2) is 59.7 Å². The Morgan fingerprint density at radius 3 is 2.60 bits per heavy atom. The number of rotatable bonds is 7. The first kappa shape index (κ1) is 17.2. The lowest BCUT2D eigenvalue weighted by Crippen LogP contribution is -1.95. The van der Waals surface area contributed by atoms with E-state index in [1.54, 1.807) is 17.6 Å². The fraction of sp³-hybridized carbons (Fsp3) is 0.200. The monoisotopic (exact) mass is 351 g/mol. The van der Waals surface area contributed by atoms with Gasteiger partial charge in [0.05, 0.1) is 18.5 Å². The molecular weight excluding hydrogens is 330 g/mol. The Bertz CT molecular complexity index is 826. The average molecular weight is 351 g/mol. The van der Waals surface area contributed by atoms with Crippen LogP contribution in [0.25, 0.3) is 11.3 Å². The van der Waals surface area contributed by atoms with Gasteiger partial charge in [-0.2, -0.15) is 5.10 Å². The molecule has 25 heavy (non-hydrogen) atoms.